The first-order chi connectivity index (χ1) is 14.4. The minimum absolute atomic E-state index is 0.215. The van der Waals surface area contributed by atoms with E-state index >= 15 is 0 Å². The molecule has 0 heterocycles. The fourth-order valence-corrected chi connectivity index (χ4v) is 3.24. The van der Waals surface area contributed by atoms with Gasteiger partial charge in [0.25, 0.3) is 0 Å². The van der Waals surface area contributed by atoms with Gasteiger partial charge in [-0.3, -0.25) is 4.79 Å². The van der Waals surface area contributed by atoms with Crippen molar-refractivity contribution < 1.29 is 14.3 Å². The second kappa shape index (κ2) is 9.27. The maximum absolute atomic E-state index is 12.7. The standard InChI is InChI=1S/C25H26N2O3/c1-16(2)26-21-11-12-22(25(29)30-4)23(15-21)27-24(28)13-17(3)19-10-9-18-7-5-6-8-20(18)14-19/h5-16,26H,1-4H3,(H,27,28). The lowest BCUT2D eigenvalue weighted by Crippen LogP contribution is -2.15. The Hall–Kier alpha value is -3.60. The van der Waals surface area contributed by atoms with Crippen LogP contribution >= 0.6 is 0 Å². The molecule has 3 rings (SSSR count). The van der Waals surface area contributed by atoms with Crippen molar-refractivity contribution >= 4 is 39.6 Å². The van der Waals surface area contributed by atoms with Crippen LogP contribution in [0.5, 0.6) is 0 Å². The summed E-state index contributed by atoms with van der Waals surface area (Å²) in [6, 6.07) is 19.6. The largest absolute Gasteiger partial charge is 0.465 e. The normalized spacial score (nSPS) is 11.4. The molecule has 5 heteroatoms. The Labute approximate surface area is 176 Å². The van der Waals surface area contributed by atoms with Crippen LogP contribution in [0.3, 0.4) is 0 Å². The van der Waals surface area contributed by atoms with E-state index < -0.39 is 5.97 Å². The Bertz CT molecular complexity index is 1120. The summed E-state index contributed by atoms with van der Waals surface area (Å²) in [7, 11) is 1.32. The molecule has 30 heavy (non-hydrogen) atoms. The molecule has 0 unspecified atom stereocenters. The molecule has 0 aromatic heterocycles. The second-order valence-corrected chi connectivity index (χ2v) is 7.43. The van der Waals surface area contributed by atoms with Gasteiger partial charge in [-0.05, 0) is 66.9 Å². The van der Waals surface area contributed by atoms with Gasteiger partial charge in [-0.25, -0.2) is 4.79 Å². The molecule has 0 aliphatic carbocycles. The molecule has 154 valence electrons. The molecule has 0 aliphatic heterocycles. The van der Waals surface area contributed by atoms with Crippen LogP contribution in [0, 0.1) is 0 Å². The topological polar surface area (TPSA) is 67.4 Å². The lowest BCUT2D eigenvalue weighted by atomic mass is 10.0. The number of ether oxygens (including phenoxy) is 1. The minimum Gasteiger partial charge on any atom is -0.465 e. The van der Waals surface area contributed by atoms with Crippen molar-refractivity contribution in [2.24, 2.45) is 0 Å². The predicted octanol–water partition coefficient (Wildman–Crippen LogP) is 5.49. The first kappa shape index (κ1) is 21.1. The number of carbonyl (C=O) groups excluding carboxylic acids is 2. The zero-order chi connectivity index (χ0) is 21.7. The predicted molar refractivity (Wildman–Crippen MR) is 123 cm³/mol. The highest BCUT2D eigenvalue weighted by Gasteiger charge is 2.15. The van der Waals surface area contributed by atoms with E-state index in [4.69, 9.17) is 4.74 Å². The number of methoxy groups -OCH3 is 1. The van der Waals surface area contributed by atoms with Crippen molar-refractivity contribution in [1.29, 1.82) is 0 Å². The van der Waals surface area contributed by atoms with Crippen molar-refractivity contribution in [3.05, 3.63) is 77.9 Å². The molecule has 3 aromatic rings. The SMILES string of the molecule is COC(=O)c1ccc(NC(C)C)cc1NC(=O)C=C(C)c1ccc2ccccc2c1. The highest BCUT2D eigenvalue weighted by molar-refractivity contribution is 6.08. The van der Waals surface area contributed by atoms with Gasteiger partial charge < -0.3 is 15.4 Å². The molecule has 5 nitrogen and oxygen atoms in total. The van der Waals surface area contributed by atoms with Crippen molar-refractivity contribution in [3.63, 3.8) is 0 Å². The van der Waals surface area contributed by atoms with Gasteiger partial charge in [-0.2, -0.15) is 0 Å². The van der Waals surface area contributed by atoms with E-state index in [9.17, 15) is 9.59 Å². The second-order valence-electron chi connectivity index (χ2n) is 7.43. The average molecular weight is 402 g/mol. The highest BCUT2D eigenvalue weighted by atomic mass is 16.5. The van der Waals surface area contributed by atoms with Gasteiger partial charge in [0.1, 0.15) is 0 Å². The summed E-state index contributed by atoms with van der Waals surface area (Å²) in [5, 5.41) is 8.35. The number of benzene rings is 3. The van der Waals surface area contributed by atoms with Crippen LogP contribution < -0.4 is 10.6 Å². The molecular weight excluding hydrogens is 376 g/mol. The maximum Gasteiger partial charge on any atom is 0.339 e. The van der Waals surface area contributed by atoms with Gasteiger partial charge >= 0.3 is 5.97 Å². The van der Waals surface area contributed by atoms with Gasteiger partial charge in [-0.1, -0.05) is 36.4 Å². The maximum atomic E-state index is 12.7. The molecular formula is C25H26N2O3. The number of fused-ring (bicyclic) bond motifs is 1. The van der Waals surface area contributed by atoms with E-state index in [1.54, 1.807) is 18.2 Å². The van der Waals surface area contributed by atoms with E-state index in [-0.39, 0.29) is 11.9 Å². The van der Waals surface area contributed by atoms with Crippen LogP contribution in [0.25, 0.3) is 16.3 Å². The first-order valence-electron chi connectivity index (χ1n) is 9.84. The molecule has 0 atom stereocenters. The zero-order valence-corrected chi connectivity index (χ0v) is 17.7. The molecule has 0 bridgehead atoms. The summed E-state index contributed by atoms with van der Waals surface area (Å²) < 4.78 is 4.84. The van der Waals surface area contributed by atoms with Crippen molar-refractivity contribution in [2.75, 3.05) is 17.7 Å². The summed E-state index contributed by atoms with van der Waals surface area (Å²) in [5.41, 5.74) is 3.31. The third-order valence-electron chi connectivity index (χ3n) is 4.69. The summed E-state index contributed by atoms with van der Waals surface area (Å²) in [6.07, 6.45) is 1.54. The summed E-state index contributed by atoms with van der Waals surface area (Å²) >= 11 is 0. The Morgan fingerprint density at radius 1 is 0.967 bits per heavy atom. The molecule has 0 radical (unpaired) electrons. The molecule has 2 N–H and O–H groups in total. The smallest absolute Gasteiger partial charge is 0.339 e. The van der Waals surface area contributed by atoms with Crippen molar-refractivity contribution in [3.8, 4) is 0 Å². The number of nitrogens with one attached hydrogen (secondary N) is 2. The molecule has 0 spiro atoms. The summed E-state index contributed by atoms with van der Waals surface area (Å²) in [4.78, 5) is 24.8. The van der Waals surface area contributed by atoms with E-state index in [1.165, 1.54) is 13.2 Å². The van der Waals surface area contributed by atoms with Gasteiger partial charge in [0, 0.05) is 17.8 Å². The lowest BCUT2D eigenvalue weighted by Gasteiger charge is -2.14. The van der Waals surface area contributed by atoms with Crippen LogP contribution in [-0.2, 0) is 9.53 Å². The Balaban J connectivity index is 1.86. The third kappa shape index (κ3) is 5.06. The number of rotatable bonds is 6. The zero-order valence-electron chi connectivity index (χ0n) is 17.7. The van der Waals surface area contributed by atoms with Gasteiger partial charge in [0.05, 0.1) is 18.4 Å². The van der Waals surface area contributed by atoms with E-state index in [0.29, 0.717) is 11.3 Å². The molecule has 0 saturated carbocycles. The number of anilines is 2. The van der Waals surface area contributed by atoms with E-state index in [0.717, 1.165) is 27.6 Å². The average Bonchev–Trinajstić information content (AvgIpc) is 2.72. The number of hydrogen-bond acceptors (Lipinski definition) is 4. The fraction of sp³-hybridized carbons (Fsp3) is 0.200. The number of esters is 1. The fourth-order valence-electron chi connectivity index (χ4n) is 3.24. The van der Waals surface area contributed by atoms with Crippen LogP contribution in [0.2, 0.25) is 0 Å². The third-order valence-corrected chi connectivity index (χ3v) is 4.69. The molecule has 0 fully saturated rings. The van der Waals surface area contributed by atoms with Crippen LogP contribution in [0.4, 0.5) is 11.4 Å². The first-order valence-corrected chi connectivity index (χ1v) is 9.84. The van der Waals surface area contributed by atoms with Gasteiger partial charge in [0.2, 0.25) is 5.91 Å². The van der Waals surface area contributed by atoms with Crippen molar-refractivity contribution in [1.82, 2.24) is 0 Å². The number of hydrogen-bond donors (Lipinski definition) is 2. The lowest BCUT2D eigenvalue weighted by molar-refractivity contribution is -0.111. The number of allylic oxidation sites excluding steroid dienone is 1. The van der Waals surface area contributed by atoms with E-state index in [1.807, 2.05) is 51.1 Å². The minimum atomic E-state index is -0.503. The molecule has 3 aromatic carbocycles. The summed E-state index contributed by atoms with van der Waals surface area (Å²) in [6.45, 7) is 5.92. The van der Waals surface area contributed by atoms with Gasteiger partial charge in [0.15, 0.2) is 0 Å². The molecule has 0 saturated heterocycles. The van der Waals surface area contributed by atoms with E-state index in [2.05, 4.69) is 22.8 Å². The van der Waals surface area contributed by atoms with Crippen LogP contribution in [0.15, 0.2) is 66.7 Å². The van der Waals surface area contributed by atoms with Gasteiger partial charge in [-0.15, -0.1) is 0 Å². The van der Waals surface area contributed by atoms with Crippen LogP contribution in [0.1, 0.15) is 36.7 Å². The van der Waals surface area contributed by atoms with Crippen molar-refractivity contribution in [2.45, 2.75) is 26.8 Å². The number of carbonyl (C=O) groups is 2. The summed E-state index contributed by atoms with van der Waals surface area (Å²) in [5.74, 6) is -0.816. The Morgan fingerprint density at radius 2 is 1.70 bits per heavy atom. The quantitative estimate of drug-likeness (QED) is 0.423. The highest BCUT2D eigenvalue weighted by Crippen LogP contribution is 2.24. The molecule has 1 amide bonds. The number of amides is 1. The Kier molecular flexibility index (Phi) is 6.52. The Morgan fingerprint density at radius 3 is 2.40 bits per heavy atom. The molecule has 0 aliphatic rings. The van der Waals surface area contributed by atoms with Crippen LogP contribution in [-0.4, -0.2) is 25.0 Å². The monoisotopic (exact) mass is 402 g/mol.